The Morgan fingerprint density at radius 2 is 1.94 bits per heavy atom. The summed E-state index contributed by atoms with van der Waals surface area (Å²) in [6.45, 7) is 7.26. The van der Waals surface area contributed by atoms with Gasteiger partial charge < -0.3 is 21.1 Å². The van der Waals surface area contributed by atoms with E-state index in [-0.39, 0.29) is 12.1 Å². The number of anilines is 3. The first kappa shape index (κ1) is 21.9. The van der Waals surface area contributed by atoms with Crippen LogP contribution in [0.1, 0.15) is 52.1 Å². The van der Waals surface area contributed by atoms with E-state index >= 15 is 0 Å². The number of hydrogen-bond donors (Lipinski definition) is 4. The van der Waals surface area contributed by atoms with Crippen LogP contribution in [0.15, 0.2) is 24.4 Å². The summed E-state index contributed by atoms with van der Waals surface area (Å²) in [5, 5.41) is 20.9. The molecule has 166 valence electrons. The van der Waals surface area contributed by atoms with Gasteiger partial charge in [-0.2, -0.15) is 4.98 Å². The molecule has 4 N–H and O–H groups in total. The molecule has 3 heterocycles. The number of thiazole rings is 1. The fourth-order valence-corrected chi connectivity index (χ4v) is 4.37. The monoisotopic (exact) mass is 441 g/mol. The zero-order valence-corrected chi connectivity index (χ0v) is 19.1. The van der Waals surface area contributed by atoms with Crippen LogP contribution in [0.5, 0.6) is 0 Å². The van der Waals surface area contributed by atoms with Gasteiger partial charge >= 0.3 is 0 Å². The fourth-order valence-electron chi connectivity index (χ4n) is 3.55. The Hall–Kier alpha value is -2.36. The molecule has 0 spiro atoms. The summed E-state index contributed by atoms with van der Waals surface area (Å²) in [5.41, 5.74) is 1.79. The Kier molecular flexibility index (Phi) is 6.94. The van der Waals surface area contributed by atoms with E-state index in [0.717, 1.165) is 46.9 Å². The Morgan fingerprint density at radius 3 is 2.68 bits per heavy atom. The Balaban J connectivity index is 1.53. The Morgan fingerprint density at radius 1 is 1.13 bits per heavy atom. The van der Waals surface area contributed by atoms with Gasteiger partial charge in [0.15, 0.2) is 5.13 Å². The first-order chi connectivity index (χ1) is 15.0. The highest BCUT2D eigenvalue weighted by Gasteiger charge is 2.20. The van der Waals surface area contributed by atoms with Gasteiger partial charge in [0.2, 0.25) is 5.95 Å². The van der Waals surface area contributed by atoms with E-state index in [1.54, 1.807) is 6.20 Å². The zero-order chi connectivity index (χ0) is 21.8. The molecule has 0 aliphatic heterocycles. The average molecular weight is 442 g/mol. The summed E-state index contributed by atoms with van der Waals surface area (Å²) < 4.78 is 0. The first-order valence-electron chi connectivity index (χ1n) is 11.0. The normalized spacial score (nSPS) is 20.2. The SMILES string of the molecule is CC(C)C(C)NCc1cc(Nc2nc3cccnc3s2)nc(N[C@H]2CC[C@H](O)CC2)n1. The number of aliphatic hydroxyl groups is 1. The number of aromatic nitrogens is 4. The molecule has 3 aromatic rings. The van der Waals surface area contributed by atoms with Gasteiger partial charge in [0.05, 0.1) is 11.8 Å². The Labute approximate surface area is 187 Å². The molecule has 1 fully saturated rings. The van der Waals surface area contributed by atoms with Crippen LogP contribution in [0.4, 0.5) is 16.9 Å². The minimum Gasteiger partial charge on any atom is -0.393 e. The molecule has 0 saturated heterocycles. The van der Waals surface area contributed by atoms with Crippen molar-refractivity contribution in [1.29, 1.82) is 0 Å². The average Bonchev–Trinajstić information content (AvgIpc) is 3.15. The molecule has 0 bridgehead atoms. The molecule has 4 rings (SSSR count). The van der Waals surface area contributed by atoms with E-state index in [9.17, 15) is 5.11 Å². The third kappa shape index (κ3) is 5.87. The number of nitrogens with one attached hydrogen (secondary N) is 3. The minimum absolute atomic E-state index is 0.183. The maximum Gasteiger partial charge on any atom is 0.225 e. The highest BCUT2D eigenvalue weighted by molar-refractivity contribution is 7.21. The van der Waals surface area contributed by atoms with Crippen molar-refractivity contribution in [2.45, 2.75) is 71.2 Å². The van der Waals surface area contributed by atoms with E-state index in [0.29, 0.717) is 30.3 Å². The predicted octanol–water partition coefficient (Wildman–Crippen LogP) is 4.07. The lowest BCUT2D eigenvalue weighted by molar-refractivity contribution is 0.126. The quantitative estimate of drug-likeness (QED) is 0.414. The van der Waals surface area contributed by atoms with Crippen LogP contribution >= 0.6 is 11.3 Å². The third-order valence-corrected chi connectivity index (χ3v) is 6.71. The second-order valence-electron chi connectivity index (χ2n) is 8.60. The number of fused-ring (bicyclic) bond motifs is 1. The molecule has 1 unspecified atom stereocenters. The van der Waals surface area contributed by atoms with Gasteiger partial charge in [0.25, 0.3) is 0 Å². The second-order valence-corrected chi connectivity index (χ2v) is 9.58. The summed E-state index contributed by atoms with van der Waals surface area (Å²) in [5.74, 6) is 1.86. The lowest BCUT2D eigenvalue weighted by Gasteiger charge is -2.26. The minimum atomic E-state index is -0.183. The number of hydrogen-bond acceptors (Lipinski definition) is 9. The van der Waals surface area contributed by atoms with E-state index in [1.807, 2.05) is 18.2 Å². The van der Waals surface area contributed by atoms with Crippen LogP contribution in [0.25, 0.3) is 10.3 Å². The van der Waals surface area contributed by atoms with Crippen molar-refractivity contribution in [1.82, 2.24) is 25.3 Å². The molecular formula is C22H31N7OS. The van der Waals surface area contributed by atoms with Crippen molar-refractivity contribution in [3.63, 3.8) is 0 Å². The molecule has 9 heteroatoms. The predicted molar refractivity (Wildman–Crippen MR) is 126 cm³/mol. The maximum atomic E-state index is 9.78. The summed E-state index contributed by atoms with van der Waals surface area (Å²) in [6, 6.07) is 6.48. The van der Waals surface area contributed by atoms with Crippen LogP contribution < -0.4 is 16.0 Å². The molecule has 1 atom stereocenters. The Bertz CT molecular complexity index is 967. The summed E-state index contributed by atoms with van der Waals surface area (Å²) in [4.78, 5) is 19.3. The van der Waals surface area contributed by atoms with E-state index < -0.39 is 0 Å². The summed E-state index contributed by atoms with van der Waals surface area (Å²) >= 11 is 1.50. The molecule has 1 saturated carbocycles. The third-order valence-electron chi connectivity index (χ3n) is 5.82. The van der Waals surface area contributed by atoms with Crippen molar-refractivity contribution in [3.05, 3.63) is 30.1 Å². The van der Waals surface area contributed by atoms with E-state index in [1.165, 1.54) is 11.3 Å². The van der Waals surface area contributed by atoms with Crippen LogP contribution in [-0.4, -0.2) is 43.2 Å². The fraction of sp³-hybridized carbons (Fsp3) is 0.545. The van der Waals surface area contributed by atoms with Crippen molar-refractivity contribution < 1.29 is 5.11 Å². The van der Waals surface area contributed by atoms with Gasteiger partial charge in [-0.3, -0.25) is 0 Å². The van der Waals surface area contributed by atoms with Crippen molar-refractivity contribution in [3.8, 4) is 0 Å². The first-order valence-corrected chi connectivity index (χ1v) is 11.8. The number of rotatable bonds is 8. The van der Waals surface area contributed by atoms with E-state index in [4.69, 9.17) is 9.97 Å². The molecule has 31 heavy (non-hydrogen) atoms. The number of aliphatic hydroxyl groups excluding tert-OH is 1. The lowest BCUT2D eigenvalue weighted by Crippen LogP contribution is -2.31. The van der Waals surface area contributed by atoms with Crippen molar-refractivity contribution in [2.75, 3.05) is 10.6 Å². The molecule has 0 radical (unpaired) electrons. The van der Waals surface area contributed by atoms with Gasteiger partial charge in [-0.05, 0) is 50.7 Å². The van der Waals surface area contributed by atoms with Gasteiger partial charge in [-0.15, -0.1) is 0 Å². The number of pyridine rings is 1. The van der Waals surface area contributed by atoms with Crippen molar-refractivity contribution >= 4 is 38.6 Å². The zero-order valence-electron chi connectivity index (χ0n) is 18.3. The van der Waals surface area contributed by atoms with Crippen LogP contribution in [0.3, 0.4) is 0 Å². The highest BCUT2D eigenvalue weighted by atomic mass is 32.1. The molecule has 8 nitrogen and oxygen atoms in total. The molecule has 1 aliphatic rings. The van der Waals surface area contributed by atoms with Gasteiger partial charge in [0.1, 0.15) is 16.2 Å². The van der Waals surface area contributed by atoms with E-state index in [2.05, 4.69) is 46.7 Å². The largest absolute Gasteiger partial charge is 0.393 e. The lowest BCUT2D eigenvalue weighted by atomic mass is 9.93. The topological polar surface area (TPSA) is 108 Å². The van der Waals surface area contributed by atoms with Crippen molar-refractivity contribution in [2.24, 2.45) is 5.92 Å². The summed E-state index contributed by atoms with van der Waals surface area (Å²) in [7, 11) is 0. The molecule has 3 aromatic heterocycles. The van der Waals surface area contributed by atoms with Crippen LogP contribution in [0.2, 0.25) is 0 Å². The number of nitrogens with zero attached hydrogens (tertiary/aromatic N) is 4. The molecule has 0 amide bonds. The van der Waals surface area contributed by atoms with Gasteiger partial charge in [-0.1, -0.05) is 25.2 Å². The summed E-state index contributed by atoms with van der Waals surface area (Å²) in [6.07, 6.45) is 5.06. The van der Waals surface area contributed by atoms with Gasteiger partial charge in [-0.25, -0.2) is 15.0 Å². The highest BCUT2D eigenvalue weighted by Crippen LogP contribution is 2.27. The van der Waals surface area contributed by atoms with Crippen LogP contribution in [0, 0.1) is 5.92 Å². The smallest absolute Gasteiger partial charge is 0.225 e. The van der Waals surface area contributed by atoms with Gasteiger partial charge in [0, 0.05) is 30.9 Å². The molecule has 0 aromatic carbocycles. The molecule has 1 aliphatic carbocycles. The second kappa shape index (κ2) is 9.84. The standard InChI is InChI=1S/C22H31N7OS/c1-13(2)14(3)24-12-16-11-19(29-22-27-18-5-4-10-23-20(18)31-22)28-21(26-16)25-15-6-8-17(30)9-7-15/h4-5,10-11,13-15,17,24,30H,6-9,12H2,1-3H3,(H2,25,26,27,28,29)/t14?,15-,17-. The van der Waals surface area contributed by atoms with Crippen LogP contribution in [-0.2, 0) is 6.54 Å². The molecular weight excluding hydrogens is 410 g/mol. The maximum absolute atomic E-state index is 9.78.